The third kappa shape index (κ3) is 14.2. The van der Waals surface area contributed by atoms with Crippen molar-refractivity contribution in [1.29, 1.82) is 0 Å². The number of imidazole rings is 3. The molecule has 9 heterocycles. The van der Waals surface area contributed by atoms with Gasteiger partial charge in [0, 0.05) is 60.6 Å². The summed E-state index contributed by atoms with van der Waals surface area (Å²) < 4.78 is 26.4. The summed E-state index contributed by atoms with van der Waals surface area (Å²) in [6, 6.07) is 22.4. The number of rotatable bonds is 14. The first-order valence-electron chi connectivity index (χ1n) is 25.9. The molecule has 0 saturated heterocycles. The second-order valence-corrected chi connectivity index (χ2v) is 20.9. The molecular formula is C54H53Cl3N18O10. The molecule has 12 rings (SSSR count). The molecule has 12 aromatic rings. The minimum absolute atomic E-state index is 0.00448. The monoisotopic (exact) mass is 1220 g/mol. The van der Waals surface area contributed by atoms with Crippen LogP contribution in [0.1, 0.15) is 72.9 Å². The number of nitrogens with zero attached hydrogens (tertiary/aromatic N) is 17. The molecule has 0 spiro atoms. The second-order valence-electron chi connectivity index (χ2n) is 19.6. The Balaban J connectivity index is 0.000000143. The van der Waals surface area contributed by atoms with E-state index in [1.165, 1.54) is 61.0 Å². The van der Waals surface area contributed by atoms with Gasteiger partial charge in [0.1, 0.15) is 38.6 Å². The average molecular weight is 1220 g/mol. The number of fused-ring (bicyclic) bond motifs is 3. The van der Waals surface area contributed by atoms with Gasteiger partial charge in [0.15, 0.2) is 33.5 Å². The Hall–Kier alpha value is -9.64. The summed E-state index contributed by atoms with van der Waals surface area (Å²) in [6.07, 6.45) is 8.64. The Morgan fingerprint density at radius 1 is 0.459 bits per heavy atom. The first-order chi connectivity index (χ1) is 40.7. The zero-order valence-electron chi connectivity index (χ0n) is 46.2. The number of nitrogens with one attached hydrogen (secondary N) is 1. The Kier molecular flexibility index (Phi) is 18.6. The number of aryl methyl sites for hydroxylation is 3. The van der Waals surface area contributed by atoms with Crippen LogP contribution in [0.4, 0.5) is 0 Å². The van der Waals surface area contributed by atoms with E-state index in [9.17, 15) is 28.8 Å². The molecule has 0 aliphatic heterocycles. The van der Waals surface area contributed by atoms with Crippen molar-refractivity contribution in [2.45, 2.75) is 71.2 Å². The molecule has 0 amide bonds. The van der Waals surface area contributed by atoms with Crippen molar-refractivity contribution in [3.8, 4) is 0 Å². The highest BCUT2D eigenvalue weighted by molar-refractivity contribution is 6.31. The standard InChI is InChI=1S/2C18H17ClN6O3.C9H11ClO.C9H8N6O3/c2*1-11(12-3-5-13(19)6-4-12)7-25-18(27)28-14(22-25)8-24-10-21-16-15(17(24)26)23(2)9-20-16;1-7(6-11)8-2-4-9(10)5-3-8;1-14-3-10-7-6(14)8(16)15(4-11-7)2-5-12-13-9(17)18-5/h2*3-6,9-11H,7-8H2,1-2H3;2-5,7,11H,6H2,1H3;3-4H,2H2,1H3,(H,13,17)/t2*11-;;/m10../s1. The Morgan fingerprint density at radius 3 is 1.09 bits per heavy atom. The van der Waals surface area contributed by atoms with Crippen molar-refractivity contribution in [2.24, 2.45) is 21.1 Å². The normalized spacial score (nSPS) is 12.3. The van der Waals surface area contributed by atoms with E-state index >= 15 is 0 Å². The number of hydrogen-bond donors (Lipinski definition) is 2. The van der Waals surface area contributed by atoms with Crippen LogP contribution in [0.15, 0.2) is 153 Å². The Morgan fingerprint density at radius 2 is 0.776 bits per heavy atom. The first kappa shape index (κ1) is 60.0. The smallest absolute Gasteiger partial charge is 0.396 e. The lowest BCUT2D eigenvalue weighted by molar-refractivity contribution is 0.273. The molecule has 1 unspecified atom stereocenters. The number of benzene rings is 3. The van der Waals surface area contributed by atoms with Gasteiger partial charge in [-0.25, -0.2) is 49.4 Å². The molecule has 0 bridgehead atoms. The SMILES string of the molecule is CC(CO)c1ccc(Cl)cc1.C[C@@H](Cn1nc(Cn2cnc3ncn(C)c3c2=O)oc1=O)c1ccc(Cl)cc1.C[C@H](Cn1nc(Cn2cnc3ncn(C)c3c2=O)oc1=O)c1ccc(Cl)cc1.Cn1cnc2ncn(Cc3n[nH]c(=O)o3)c(=O)c21. The zero-order chi connectivity index (χ0) is 60.6. The second kappa shape index (κ2) is 26.3. The van der Waals surface area contributed by atoms with Gasteiger partial charge in [-0.2, -0.15) is 9.36 Å². The highest BCUT2D eigenvalue weighted by Gasteiger charge is 2.19. The summed E-state index contributed by atoms with van der Waals surface area (Å²) in [6.45, 7) is 6.85. The van der Waals surface area contributed by atoms with E-state index in [1.54, 1.807) is 59.1 Å². The molecule has 3 aromatic carbocycles. The van der Waals surface area contributed by atoms with E-state index in [4.69, 9.17) is 53.2 Å². The maximum atomic E-state index is 12.6. The fourth-order valence-electron chi connectivity index (χ4n) is 8.58. The number of aromatic amines is 1. The summed E-state index contributed by atoms with van der Waals surface area (Å²) in [7, 11) is 5.14. The van der Waals surface area contributed by atoms with Gasteiger partial charge in [0.25, 0.3) is 16.7 Å². The van der Waals surface area contributed by atoms with E-state index in [0.717, 1.165) is 21.7 Å². The summed E-state index contributed by atoms with van der Waals surface area (Å²) >= 11 is 17.5. The first-order valence-corrected chi connectivity index (χ1v) is 27.0. The number of H-pyrrole nitrogens is 1. The van der Waals surface area contributed by atoms with E-state index < -0.39 is 17.3 Å². The van der Waals surface area contributed by atoms with Gasteiger partial charge in [-0.1, -0.05) is 92.0 Å². The third-order valence-corrected chi connectivity index (χ3v) is 14.0. The molecule has 440 valence electrons. The number of aliphatic hydroxyl groups excluding tert-OH is 1. The topological polar surface area (TPSA) is 333 Å². The summed E-state index contributed by atoms with van der Waals surface area (Å²) in [5.74, 6) is -1.15. The van der Waals surface area contributed by atoms with Crippen LogP contribution in [0.5, 0.6) is 0 Å². The van der Waals surface area contributed by atoms with E-state index in [-0.39, 0.29) is 78.3 Å². The van der Waals surface area contributed by atoms with Gasteiger partial charge in [-0.3, -0.25) is 28.1 Å². The van der Waals surface area contributed by atoms with Crippen LogP contribution in [0.3, 0.4) is 0 Å². The van der Waals surface area contributed by atoms with Crippen LogP contribution in [0, 0.1) is 0 Å². The summed E-state index contributed by atoms with van der Waals surface area (Å²) in [4.78, 5) is 96.8. The number of halogens is 3. The van der Waals surface area contributed by atoms with Crippen LogP contribution < -0.4 is 33.9 Å². The highest BCUT2D eigenvalue weighted by atomic mass is 35.5. The van der Waals surface area contributed by atoms with Crippen molar-refractivity contribution in [3.05, 3.63) is 223 Å². The molecule has 0 aliphatic rings. The summed E-state index contributed by atoms with van der Waals surface area (Å²) in [5.41, 5.74) is 4.60. The van der Waals surface area contributed by atoms with Crippen molar-refractivity contribution < 1.29 is 18.4 Å². The molecule has 2 N–H and O–H groups in total. The highest BCUT2D eigenvalue weighted by Crippen LogP contribution is 2.21. The van der Waals surface area contributed by atoms with Crippen molar-refractivity contribution >= 4 is 68.3 Å². The van der Waals surface area contributed by atoms with E-state index in [2.05, 4.69) is 50.3 Å². The predicted molar refractivity (Wildman–Crippen MR) is 311 cm³/mol. The fourth-order valence-corrected chi connectivity index (χ4v) is 8.96. The molecule has 31 heteroatoms. The van der Waals surface area contributed by atoms with Gasteiger partial charge in [-0.05, 0) is 53.1 Å². The van der Waals surface area contributed by atoms with Gasteiger partial charge >= 0.3 is 17.3 Å². The third-order valence-electron chi connectivity index (χ3n) is 13.3. The Labute approximate surface area is 493 Å². The lowest BCUT2D eigenvalue weighted by atomic mass is 10.0. The molecule has 3 atom stereocenters. The van der Waals surface area contributed by atoms with E-state index in [0.29, 0.717) is 56.6 Å². The maximum absolute atomic E-state index is 12.6. The molecule has 0 fully saturated rings. The minimum Gasteiger partial charge on any atom is -0.396 e. The summed E-state index contributed by atoms with van der Waals surface area (Å²) in [5, 5.41) is 25.1. The van der Waals surface area contributed by atoms with Crippen LogP contribution >= 0.6 is 34.8 Å². The van der Waals surface area contributed by atoms with Gasteiger partial charge in [0.2, 0.25) is 17.7 Å². The molecule has 9 aromatic heterocycles. The van der Waals surface area contributed by atoms with Crippen molar-refractivity contribution in [1.82, 2.24) is 87.1 Å². The van der Waals surface area contributed by atoms with Crippen LogP contribution in [-0.2, 0) is 53.9 Å². The van der Waals surface area contributed by atoms with E-state index in [1.807, 2.05) is 69.3 Å². The fraction of sp³-hybridized carbons (Fsp3) is 0.278. The molecular weight excluding hydrogens is 1170 g/mol. The van der Waals surface area contributed by atoms with Gasteiger partial charge in [-0.15, -0.1) is 15.3 Å². The maximum Gasteiger partial charge on any atom is 0.437 e. The van der Waals surface area contributed by atoms with Crippen LogP contribution in [0.25, 0.3) is 33.5 Å². The van der Waals surface area contributed by atoms with Crippen molar-refractivity contribution in [2.75, 3.05) is 6.61 Å². The number of hydrogen-bond acceptors (Lipinski definition) is 19. The predicted octanol–water partition coefficient (Wildman–Crippen LogP) is 4.86. The van der Waals surface area contributed by atoms with Crippen LogP contribution in [0.2, 0.25) is 15.1 Å². The largest absolute Gasteiger partial charge is 0.437 e. The van der Waals surface area contributed by atoms with Crippen LogP contribution in [-0.4, -0.2) is 98.8 Å². The lowest BCUT2D eigenvalue weighted by Crippen LogP contribution is -2.23. The zero-order valence-corrected chi connectivity index (χ0v) is 48.5. The molecule has 0 radical (unpaired) electrons. The average Bonchev–Trinajstić information content (AvgIpc) is 3.37. The quantitative estimate of drug-likeness (QED) is 0.147. The Bertz CT molecular complexity index is 4440. The lowest BCUT2D eigenvalue weighted by Gasteiger charge is -2.10. The van der Waals surface area contributed by atoms with Gasteiger partial charge in [0.05, 0.1) is 32.1 Å². The molecule has 0 aliphatic carbocycles. The molecule has 85 heavy (non-hydrogen) atoms. The van der Waals surface area contributed by atoms with Crippen molar-refractivity contribution in [3.63, 3.8) is 0 Å². The minimum atomic E-state index is -0.660. The van der Waals surface area contributed by atoms with Gasteiger partial charge < -0.3 is 32.1 Å². The number of aromatic nitrogens is 18. The molecule has 0 saturated carbocycles. The molecule has 28 nitrogen and oxygen atoms in total. The number of aliphatic hydroxyl groups is 1.